The Morgan fingerprint density at radius 2 is 1.85 bits per heavy atom. The molecule has 102 valence electrons. The van der Waals surface area contributed by atoms with Crippen molar-refractivity contribution < 1.29 is 5.11 Å². The van der Waals surface area contributed by atoms with Crippen LogP contribution in [0.25, 0.3) is 10.9 Å². The van der Waals surface area contributed by atoms with Gasteiger partial charge in [0.25, 0.3) is 0 Å². The molecule has 0 saturated heterocycles. The second-order valence-corrected chi connectivity index (χ2v) is 5.32. The average molecular weight is 329 g/mol. The van der Waals surface area contributed by atoms with Gasteiger partial charge in [-0.05, 0) is 23.2 Å². The maximum absolute atomic E-state index is 10.2. The first-order chi connectivity index (χ1) is 9.56. The highest BCUT2D eigenvalue weighted by Crippen LogP contribution is 2.31. The maximum atomic E-state index is 10.2. The molecule has 0 amide bonds. The summed E-state index contributed by atoms with van der Waals surface area (Å²) in [4.78, 5) is 7.84. The zero-order valence-corrected chi connectivity index (χ0v) is 12.3. The van der Waals surface area contributed by atoms with E-state index in [2.05, 4.69) is 9.97 Å². The predicted octanol–water partition coefficient (Wildman–Crippen LogP) is 4.15. The molecular weight excluding hydrogens is 321 g/mol. The molecule has 0 aliphatic rings. The minimum atomic E-state index is -0.0221. The van der Waals surface area contributed by atoms with Crippen LogP contribution in [0.2, 0.25) is 15.5 Å². The fourth-order valence-corrected chi connectivity index (χ4v) is 2.61. The highest BCUT2D eigenvalue weighted by atomic mass is 35.5. The SMILES string of the molecule is Oc1c2nc(Cl)nc(Cl)c2cn1Cc1ccccc1Cl. The van der Waals surface area contributed by atoms with E-state index in [1.54, 1.807) is 16.8 Å². The van der Waals surface area contributed by atoms with Gasteiger partial charge in [0.2, 0.25) is 11.2 Å². The summed E-state index contributed by atoms with van der Waals surface area (Å²) in [6.45, 7) is 0.399. The molecule has 4 nitrogen and oxygen atoms in total. The second-order valence-electron chi connectivity index (χ2n) is 4.22. The third-order valence-corrected chi connectivity index (χ3v) is 3.77. The average Bonchev–Trinajstić information content (AvgIpc) is 2.71. The quantitative estimate of drug-likeness (QED) is 0.568. The van der Waals surface area contributed by atoms with Crippen molar-refractivity contribution >= 4 is 45.7 Å². The smallest absolute Gasteiger partial charge is 0.224 e. The summed E-state index contributed by atoms with van der Waals surface area (Å²) in [6.07, 6.45) is 1.67. The van der Waals surface area contributed by atoms with Crippen molar-refractivity contribution in [3.8, 4) is 5.88 Å². The van der Waals surface area contributed by atoms with Crippen molar-refractivity contribution in [2.45, 2.75) is 6.54 Å². The molecule has 0 aliphatic carbocycles. The fraction of sp³-hybridized carbons (Fsp3) is 0.0769. The van der Waals surface area contributed by atoms with Gasteiger partial charge in [0, 0.05) is 11.2 Å². The molecule has 3 rings (SSSR count). The van der Waals surface area contributed by atoms with Crippen LogP contribution in [0.3, 0.4) is 0 Å². The van der Waals surface area contributed by atoms with Crippen LogP contribution in [0.1, 0.15) is 5.56 Å². The van der Waals surface area contributed by atoms with Gasteiger partial charge >= 0.3 is 0 Å². The Balaban J connectivity index is 2.11. The Morgan fingerprint density at radius 3 is 2.60 bits per heavy atom. The molecule has 0 unspecified atom stereocenters. The van der Waals surface area contributed by atoms with E-state index in [9.17, 15) is 5.11 Å². The van der Waals surface area contributed by atoms with E-state index in [1.165, 1.54) is 0 Å². The zero-order chi connectivity index (χ0) is 14.3. The van der Waals surface area contributed by atoms with Crippen molar-refractivity contribution in [2.75, 3.05) is 0 Å². The summed E-state index contributed by atoms with van der Waals surface area (Å²) in [6, 6.07) is 7.40. The van der Waals surface area contributed by atoms with E-state index in [1.807, 2.05) is 18.2 Å². The predicted molar refractivity (Wildman–Crippen MR) is 79.8 cm³/mol. The molecule has 1 N–H and O–H groups in total. The van der Waals surface area contributed by atoms with Gasteiger partial charge in [-0.1, -0.05) is 41.4 Å². The molecule has 0 bridgehead atoms. The van der Waals surface area contributed by atoms with Gasteiger partial charge in [-0.2, -0.15) is 0 Å². The molecule has 20 heavy (non-hydrogen) atoms. The van der Waals surface area contributed by atoms with Gasteiger partial charge in [-0.15, -0.1) is 0 Å². The minimum Gasteiger partial charge on any atom is -0.493 e. The lowest BCUT2D eigenvalue weighted by molar-refractivity contribution is 0.429. The number of hydrogen-bond donors (Lipinski definition) is 1. The first-order valence-electron chi connectivity index (χ1n) is 5.70. The summed E-state index contributed by atoms with van der Waals surface area (Å²) < 4.78 is 1.60. The number of nitrogens with zero attached hydrogens (tertiary/aromatic N) is 3. The number of hydrogen-bond acceptors (Lipinski definition) is 3. The normalized spacial score (nSPS) is 11.2. The lowest BCUT2D eigenvalue weighted by Crippen LogP contribution is -1.97. The third kappa shape index (κ3) is 2.30. The van der Waals surface area contributed by atoms with Crippen molar-refractivity contribution in [1.82, 2.24) is 14.5 Å². The van der Waals surface area contributed by atoms with Crippen LogP contribution in [0.15, 0.2) is 30.5 Å². The van der Waals surface area contributed by atoms with E-state index >= 15 is 0 Å². The monoisotopic (exact) mass is 327 g/mol. The molecular formula is C13H8Cl3N3O. The summed E-state index contributed by atoms with van der Waals surface area (Å²) in [5.41, 5.74) is 1.20. The van der Waals surface area contributed by atoms with Gasteiger partial charge in [0.1, 0.15) is 10.7 Å². The van der Waals surface area contributed by atoms with Gasteiger partial charge in [-0.25, -0.2) is 9.97 Å². The molecule has 0 saturated carbocycles. The standard InChI is InChI=1S/C13H8Cl3N3O/c14-9-4-2-1-3-7(9)5-19-6-8-10(12(19)20)17-13(16)18-11(8)15/h1-4,6,20H,5H2. The van der Waals surface area contributed by atoms with Crippen LogP contribution in [0.4, 0.5) is 0 Å². The molecule has 0 spiro atoms. The molecule has 7 heteroatoms. The Kier molecular flexibility index (Phi) is 3.46. The molecule has 2 heterocycles. The lowest BCUT2D eigenvalue weighted by Gasteiger charge is -2.06. The molecule has 0 fully saturated rings. The number of aromatic hydroxyl groups is 1. The number of aromatic nitrogens is 3. The van der Waals surface area contributed by atoms with E-state index in [0.717, 1.165) is 5.56 Å². The maximum Gasteiger partial charge on any atom is 0.224 e. The summed E-state index contributed by atoms with van der Waals surface area (Å²) in [7, 11) is 0. The first-order valence-corrected chi connectivity index (χ1v) is 6.84. The fourth-order valence-electron chi connectivity index (χ4n) is 1.98. The van der Waals surface area contributed by atoms with Crippen LogP contribution < -0.4 is 0 Å². The van der Waals surface area contributed by atoms with Crippen LogP contribution >= 0.6 is 34.8 Å². The van der Waals surface area contributed by atoms with Gasteiger partial charge in [0.15, 0.2) is 0 Å². The van der Waals surface area contributed by atoms with Crippen LogP contribution in [-0.2, 0) is 6.54 Å². The van der Waals surface area contributed by atoms with Gasteiger partial charge in [-0.3, -0.25) is 0 Å². The Hall–Kier alpha value is -1.49. The Bertz CT molecular complexity index is 801. The van der Waals surface area contributed by atoms with Gasteiger partial charge < -0.3 is 9.67 Å². The zero-order valence-electron chi connectivity index (χ0n) is 10.0. The first kappa shape index (κ1) is 13.5. The lowest BCUT2D eigenvalue weighted by atomic mass is 10.2. The summed E-state index contributed by atoms with van der Waals surface area (Å²) in [5, 5.41) is 11.6. The third-order valence-electron chi connectivity index (χ3n) is 2.94. The van der Waals surface area contributed by atoms with Crippen molar-refractivity contribution in [3.63, 3.8) is 0 Å². The highest BCUT2D eigenvalue weighted by molar-refractivity contribution is 6.36. The minimum absolute atomic E-state index is 0.00621. The van der Waals surface area contributed by atoms with Crippen LogP contribution in [0, 0.1) is 0 Å². The number of rotatable bonds is 2. The van der Waals surface area contributed by atoms with Crippen molar-refractivity contribution in [2.24, 2.45) is 0 Å². The van der Waals surface area contributed by atoms with E-state index in [-0.39, 0.29) is 16.3 Å². The van der Waals surface area contributed by atoms with Crippen molar-refractivity contribution in [1.29, 1.82) is 0 Å². The summed E-state index contributed by atoms with van der Waals surface area (Å²) >= 11 is 17.8. The molecule has 0 atom stereocenters. The Morgan fingerprint density at radius 1 is 1.10 bits per heavy atom. The number of benzene rings is 1. The number of fused-ring (bicyclic) bond motifs is 1. The van der Waals surface area contributed by atoms with Gasteiger partial charge in [0.05, 0.1) is 11.9 Å². The molecule has 1 aromatic carbocycles. The second kappa shape index (κ2) is 5.13. The summed E-state index contributed by atoms with van der Waals surface area (Å²) in [5.74, 6) is -0.0221. The van der Waals surface area contributed by atoms with E-state index < -0.39 is 0 Å². The Labute approximate surface area is 129 Å². The molecule has 0 radical (unpaired) electrons. The molecule has 0 aliphatic heterocycles. The molecule has 2 aromatic heterocycles. The highest BCUT2D eigenvalue weighted by Gasteiger charge is 2.15. The van der Waals surface area contributed by atoms with E-state index in [0.29, 0.717) is 22.5 Å². The van der Waals surface area contributed by atoms with E-state index in [4.69, 9.17) is 34.8 Å². The van der Waals surface area contributed by atoms with Crippen molar-refractivity contribution in [3.05, 3.63) is 51.5 Å². The largest absolute Gasteiger partial charge is 0.493 e. The van der Waals surface area contributed by atoms with Crippen LogP contribution in [0.5, 0.6) is 5.88 Å². The number of halogens is 3. The molecule has 3 aromatic rings. The topological polar surface area (TPSA) is 50.9 Å². The van der Waals surface area contributed by atoms with Crippen LogP contribution in [-0.4, -0.2) is 19.6 Å².